The van der Waals surface area contributed by atoms with Gasteiger partial charge in [0.2, 0.25) is 0 Å². The van der Waals surface area contributed by atoms with Gasteiger partial charge in [0.1, 0.15) is 0 Å². The van der Waals surface area contributed by atoms with Crippen molar-refractivity contribution in [2.24, 2.45) is 0 Å². The quantitative estimate of drug-likeness (QED) is 0.715. The van der Waals surface area contributed by atoms with E-state index in [-0.39, 0.29) is 0 Å². The van der Waals surface area contributed by atoms with Gasteiger partial charge in [0, 0.05) is 12.6 Å². The van der Waals surface area contributed by atoms with Crippen LogP contribution in [0.1, 0.15) is 36.9 Å². The molecule has 0 aliphatic carbocycles. The molecule has 21 heavy (non-hydrogen) atoms. The van der Waals surface area contributed by atoms with E-state index in [0.717, 1.165) is 26.2 Å². The van der Waals surface area contributed by atoms with E-state index < -0.39 is 0 Å². The van der Waals surface area contributed by atoms with Gasteiger partial charge in [-0.15, -0.1) is 0 Å². The Hall–Kier alpha value is -0.900. The second-order valence-electron chi connectivity index (χ2n) is 6.34. The van der Waals surface area contributed by atoms with E-state index in [1.165, 1.54) is 24.0 Å². The molecule has 0 bridgehead atoms. The summed E-state index contributed by atoms with van der Waals surface area (Å²) in [5.41, 5.74) is 2.72. The highest BCUT2D eigenvalue weighted by molar-refractivity contribution is 5.24. The van der Waals surface area contributed by atoms with Gasteiger partial charge < -0.3 is 15.1 Å². The minimum atomic E-state index is 0.426. The third kappa shape index (κ3) is 7.60. The number of hydrogen-bond acceptors (Lipinski definition) is 3. The van der Waals surface area contributed by atoms with Gasteiger partial charge in [0.05, 0.1) is 0 Å². The summed E-state index contributed by atoms with van der Waals surface area (Å²) in [5.74, 6) is 0. The molecule has 3 heteroatoms. The van der Waals surface area contributed by atoms with E-state index in [1.54, 1.807) is 0 Å². The SMILES string of the molecule is CCCNC(CN(C)CCCN(C)C)c1ccc(C)cc1. The molecule has 1 atom stereocenters. The van der Waals surface area contributed by atoms with Gasteiger partial charge in [-0.25, -0.2) is 0 Å². The summed E-state index contributed by atoms with van der Waals surface area (Å²) in [4.78, 5) is 4.69. The molecule has 0 fully saturated rings. The fourth-order valence-corrected chi connectivity index (χ4v) is 2.46. The predicted octanol–water partition coefficient (Wildman–Crippen LogP) is 2.92. The smallest absolute Gasteiger partial charge is 0.0449 e. The van der Waals surface area contributed by atoms with Crippen molar-refractivity contribution >= 4 is 0 Å². The maximum Gasteiger partial charge on any atom is 0.0449 e. The third-order valence-corrected chi connectivity index (χ3v) is 3.76. The van der Waals surface area contributed by atoms with Crippen LogP contribution in [0.5, 0.6) is 0 Å². The maximum atomic E-state index is 3.68. The maximum absolute atomic E-state index is 3.68. The standard InChI is InChI=1S/C18H33N3/c1-6-12-19-18(17-10-8-16(2)9-11-17)15-21(5)14-7-13-20(3)4/h8-11,18-19H,6-7,12-15H2,1-5H3. The zero-order valence-corrected chi connectivity index (χ0v) is 14.5. The molecule has 0 saturated heterocycles. The number of nitrogens with zero attached hydrogens (tertiary/aromatic N) is 2. The topological polar surface area (TPSA) is 18.5 Å². The number of hydrogen-bond donors (Lipinski definition) is 1. The predicted molar refractivity (Wildman–Crippen MR) is 92.9 cm³/mol. The van der Waals surface area contributed by atoms with Crippen LogP contribution in [0.2, 0.25) is 0 Å². The average Bonchev–Trinajstić information content (AvgIpc) is 2.44. The summed E-state index contributed by atoms with van der Waals surface area (Å²) in [6, 6.07) is 9.37. The zero-order chi connectivity index (χ0) is 15.7. The van der Waals surface area contributed by atoms with Crippen LogP contribution in [0.25, 0.3) is 0 Å². The molecule has 0 amide bonds. The highest BCUT2D eigenvalue weighted by Crippen LogP contribution is 2.15. The summed E-state index contributed by atoms with van der Waals surface area (Å²) >= 11 is 0. The van der Waals surface area contributed by atoms with Gasteiger partial charge in [-0.1, -0.05) is 36.8 Å². The Kier molecular flexibility index (Phi) is 8.58. The Morgan fingerprint density at radius 2 is 1.71 bits per heavy atom. The van der Waals surface area contributed by atoms with Crippen molar-refractivity contribution in [1.29, 1.82) is 0 Å². The van der Waals surface area contributed by atoms with Crippen LogP contribution in [0, 0.1) is 6.92 Å². The van der Waals surface area contributed by atoms with Gasteiger partial charge in [-0.05, 0) is 66.1 Å². The second kappa shape index (κ2) is 9.93. The summed E-state index contributed by atoms with van der Waals surface area (Å²) in [7, 11) is 6.50. The Bertz CT molecular complexity index is 373. The first kappa shape index (κ1) is 18.1. The summed E-state index contributed by atoms with van der Waals surface area (Å²) in [6.07, 6.45) is 2.39. The molecule has 1 aromatic carbocycles. The minimum Gasteiger partial charge on any atom is -0.309 e. The lowest BCUT2D eigenvalue weighted by Gasteiger charge is -2.26. The summed E-state index contributed by atoms with van der Waals surface area (Å²) in [6.45, 7) is 8.81. The van der Waals surface area contributed by atoms with Crippen LogP contribution >= 0.6 is 0 Å². The van der Waals surface area contributed by atoms with Crippen LogP contribution in [-0.2, 0) is 0 Å². The van der Waals surface area contributed by atoms with Crippen LogP contribution in [0.4, 0.5) is 0 Å². The Morgan fingerprint density at radius 1 is 1.05 bits per heavy atom. The van der Waals surface area contributed by atoms with Crippen molar-refractivity contribution in [1.82, 2.24) is 15.1 Å². The molecule has 3 nitrogen and oxygen atoms in total. The molecule has 1 rings (SSSR count). The summed E-state index contributed by atoms with van der Waals surface area (Å²) < 4.78 is 0. The molecular weight excluding hydrogens is 258 g/mol. The molecule has 120 valence electrons. The number of rotatable bonds is 10. The average molecular weight is 291 g/mol. The molecule has 0 aliphatic rings. The van der Waals surface area contributed by atoms with Crippen LogP contribution in [-0.4, -0.2) is 57.1 Å². The second-order valence-corrected chi connectivity index (χ2v) is 6.34. The first-order valence-electron chi connectivity index (χ1n) is 8.16. The first-order chi connectivity index (χ1) is 10.0. The lowest BCUT2D eigenvalue weighted by atomic mass is 10.0. The third-order valence-electron chi connectivity index (χ3n) is 3.76. The monoisotopic (exact) mass is 291 g/mol. The van der Waals surface area contributed by atoms with Gasteiger partial charge in [-0.3, -0.25) is 0 Å². The van der Waals surface area contributed by atoms with Gasteiger partial charge >= 0.3 is 0 Å². The van der Waals surface area contributed by atoms with Crippen molar-refractivity contribution in [2.75, 3.05) is 47.3 Å². The van der Waals surface area contributed by atoms with E-state index in [9.17, 15) is 0 Å². The molecule has 0 aliphatic heterocycles. The normalized spacial score (nSPS) is 13.1. The largest absolute Gasteiger partial charge is 0.309 e. The fraction of sp³-hybridized carbons (Fsp3) is 0.667. The minimum absolute atomic E-state index is 0.426. The lowest BCUT2D eigenvalue weighted by molar-refractivity contribution is 0.270. The first-order valence-corrected chi connectivity index (χ1v) is 8.16. The molecule has 1 unspecified atom stereocenters. The van der Waals surface area contributed by atoms with Crippen LogP contribution in [0.15, 0.2) is 24.3 Å². The van der Waals surface area contributed by atoms with Gasteiger partial charge in [0.25, 0.3) is 0 Å². The molecule has 1 N–H and O–H groups in total. The Labute approximate surface area is 131 Å². The lowest BCUT2D eigenvalue weighted by Crippen LogP contribution is -2.34. The van der Waals surface area contributed by atoms with E-state index in [2.05, 4.69) is 74.4 Å². The molecule has 0 saturated carbocycles. The fourth-order valence-electron chi connectivity index (χ4n) is 2.46. The van der Waals surface area contributed by atoms with Crippen LogP contribution < -0.4 is 5.32 Å². The van der Waals surface area contributed by atoms with Crippen molar-refractivity contribution in [2.45, 2.75) is 32.7 Å². The van der Waals surface area contributed by atoms with E-state index in [4.69, 9.17) is 0 Å². The van der Waals surface area contributed by atoms with Gasteiger partial charge in [-0.2, -0.15) is 0 Å². The number of benzene rings is 1. The van der Waals surface area contributed by atoms with Crippen molar-refractivity contribution in [3.8, 4) is 0 Å². The number of nitrogens with one attached hydrogen (secondary N) is 1. The molecule has 0 spiro atoms. The highest BCUT2D eigenvalue weighted by Gasteiger charge is 2.13. The van der Waals surface area contributed by atoms with Crippen molar-refractivity contribution in [3.63, 3.8) is 0 Å². The van der Waals surface area contributed by atoms with Gasteiger partial charge in [0.15, 0.2) is 0 Å². The highest BCUT2D eigenvalue weighted by atomic mass is 15.1. The molecule has 0 aromatic heterocycles. The number of aryl methyl sites for hydroxylation is 1. The Balaban J connectivity index is 2.54. The van der Waals surface area contributed by atoms with Crippen LogP contribution in [0.3, 0.4) is 0 Å². The molecule has 0 heterocycles. The molecular formula is C18H33N3. The summed E-state index contributed by atoms with van der Waals surface area (Å²) in [5, 5.41) is 3.68. The van der Waals surface area contributed by atoms with E-state index in [1.807, 2.05) is 0 Å². The Morgan fingerprint density at radius 3 is 2.29 bits per heavy atom. The van der Waals surface area contributed by atoms with E-state index in [0.29, 0.717) is 6.04 Å². The molecule has 1 aromatic rings. The van der Waals surface area contributed by atoms with E-state index >= 15 is 0 Å². The van der Waals surface area contributed by atoms with Crippen molar-refractivity contribution in [3.05, 3.63) is 35.4 Å². The number of likely N-dealkylation sites (N-methyl/N-ethyl adjacent to an activating group) is 1. The molecule has 0 radical (unpaired) electrons. The zero-order valence-electron chi connectivity index (χ0n) is 14.5. The van der Waals surface area contributed by atoms with Crippen molar-refractivity contribution < 1.29 is 0 Å².